The summed E-state index contributed by atoms with van der Waals surface area (Å²) >= 11 is 0. The number of esters is 1. The van der Waals surface area contributed by atoms with Crippen molar-refractivity contribution in [2.75, 3.05) is 20.2 Å². The number of piperidine rings is 1. The number of rotatable bonds is 4. The average Bonchev–Trinajstić information content (AvgIpc) is 2.53. The summed E-state index contributed by atoms with van der Waals surface area (Å²) in [5.74, 6) is -0.491. The number of benzene rings is 1. The van der Waals surface area contributed by atoms with Crippen molar-refractivity contribution in [3.05, 3.63) is 35.9 Å². The van der Waals surface area contributed by atoms with Crippen LogP contribution in [-0.2, 0) is 20.9 Å². The van der Waals surface area contributed by atoms with Crippen LogP contribution >= 0.6 is 0 Å². The van der Waals surface area contributed by atoms with Gasteiger partial charge < -0.3 is 20.1 Å². The normalized spacial score (nSPS) is 21.4. The number of hydrogen-bond donors (Lipinski definition) is 2. The van der Waals surface area contributed by atoms with Gasteiger partial charge in [0.25, 0.3) is 0 Å². The zero-order valence-electron chi connectivity index (χ0n) is 12.0. The largest absolute Gasteiger partial charge is 0.469 e. The van der Waals surface area contributed by atoms with Gasteiger partial charge in [0, 0.05) is 19.1 Å². The number of amides is 1. The fourth-order valence-electron chi connectivity index (χ4n) is 2.33. The molecule has 6 heteroatoms. The van der Waals surface area contributed by atoms with Gasteiger partial charge >= 0.3 is 12.1 Å². The van der Waals surface area contributed by atoms with Crippen LogP contribution in [0, 0.1) is 5.92 Å². The van der Waals surface area contributed by atoms with Crippen LogP contribution in [0.2, 0.25) is 0 Å². The fraction of sp³-hybridized carbons (Fsp3) is 0.467. The van der Waals surface area contributed by atoms with Crippen LogP contribution in [0.5, 0.6) is 0 Å². The summed E-state index contributed by atoms with van der Waals surface area (Å²) in [5, 5.41) is 5.87. The number of methoxy groups -OCH3 is 1. The molecule has 1 unspecified atom stereocenters. The maximum atomic E-state index is 11.8. The van der Waals surface area contributed by atoms with Gasteiger partial charge in [-0.15, -0.1) is 0 Å². The Morgan fingerprint density at radius 1 is 1.29 bits per heavy atom. The van der Waals surface area contributed by atoms with E-state index in [1.165, 1.54) is 7.11 Å². The molecule has 1 saturated heterocycles. The lowest BCUT2D eigenvalue weighted by molar-refractivity contribution is -0.146. The van der Waals surface area contributed by atoms with Crippen LogP contribution in [-0.4, -0.2) is 38.3 Å². The zero-order valence-corrected chi connectivity index (χ0v) is 12.0. The molecule has 1 fully saturated rings. The highest BCUT2D eigenvalue weighted by atomic mass is 16.5. The first-order chi connectivity index (χ1) is 10.2. The Hall–Kier alpha value is -2.08. The van der Waals surface area contributed by atoms with Crippen molar-refractivity contribution < 1.29 is 19.1 Å². The third-order valence-electron chi connectivity index (χ3n) is 3.42. The van der Waals surface area contributed by atoms with Gasteiger partial charge in [-0.3, -0.25) is 4.79 Å². The topological polar surface area (TPSA) is 76.7 Å². The third-order valence-corrected chi connectivity index (χ3v) is 3.42. The molecule has 0 aromatic heterocycles. The van der Waals surface area contributed by atoms with E-state index in [1.807, 2.05) is 30.3 Å². The molecule has 1 amide bonds. The van der Waals surface area contributed by atoms with Crippen LogP contribution in [0.15, 0.2) is 30.3 Å². The second kappa shape index (κ2) is 7.64. The van der Waals surface area contributed by atoms with E-state index in [2.05, 4.69) is 10.6 Å². The second-order valence-electron chi connectivity index (χ2n) is 5.02. The molecule has 0 radical (unpaired) electrons. The van der Waals surface area contributed by atoms with Crippen molar-refractivity contribution in [2.45, 2.75) is 19.1 Å². The summed E-state index contributed by atoms with van der Waals surface area (Å²) in [7, 11) is 1.37. The molecule has 1 aromatic rings. The molecular formula is C15H20N2O4. The summed E-state index contributed by atoms with van der Waals surface area (Å²) in [6, 6.07) is 9.34. The van der Waals surface area contributed by atoms with Gasteiger partial charge in [0.2, 0.25) is 0 Å². The smallest absolute Gasteiger partial charge is 0.407 e. The van der Waals surface area contributed by atoms with E-state index < -0.39 is 6.09 Å². The lowest BCUT2D eigenvalue weighted by atomic mass is 9.96. The summed E-state index contributed by atoms with van der Waals surface area (Å²) in [6.07, 6.45) is 0.0799. The highest BCUT2D eigenvalue weighted by molar-refractivity contribution is 5.73. The zero-order chi connectivity index (χ0) is 15.1. The number of hydrogen-bond acceptors (Lipinski definition) is 5. The van der Waals surface area contributed by atoms with Gasteiger partial charge in [0.15, 0.2) is 0 Å². The van der Waals surface area contributed by atoms with E-state index in [1.54, 1.807) is 0 Å². The summed E-state index contributed by atoms with van der Waals surface area (Å²) < 4.78 is 9.88. The van der Waals surface area contributed by atoms with E-state index in [0.717, 1.165) is 5.56 Å². The standard InChI is InChI=1S/C15H20N2O4/c1-20-14(18)12-7-13(9-16-8-12)17-15(19)21-10-11-5-3-2-4-6-11/h2-6,12-13,16H,7-10H2,1H3,(H,17,19)/t12?,13-/m0/s1. The number of ether oxygens (including phenoxy) is 2. The Kier molecular flexibility index (Phi) is 5.57. The molecule has 1 aliphatic heterocycles. The highest BCUT2D eigenvalue weighted by Crippen LogP contribution is 2.12. The Labute approximate surface area is 123 Å². The molecule has 2 N–H and O–H groups in total. The monoisotopic (exact) mass is 292 g/mol. The van der Waals surface area contributed by atoms with Gasteiger partial charge in [-0.05, 0) is 12.0 Å². The quantitative estimate of drug-likeness (QED) is 0.812. The highest BCUT2D eigenvalue weighted by Gasteiger charge is 2.28. The van der Waals surface area contributed by atoms with Crippen molar-refractivity contribution in [1.82, 2.24) is 10.6 Å². The van der Waals surface area contributed by atoms with Crippen molar-refractivity contribution in [3.63, 3.8) is 0 Å². The van der Waals surface area contributed by atoms with Crippen molar-refractivity contribution >= 4 is 12.1 Å². The number of carbonyl (C=O) groups excluding carboxylic acids is 2. The molecule has 21 heavy (non-hydrogen) atoms. The van der Waals surface area contributed by atoms with Gasteiger partial charge in [0.05, 0.1) is 13.0 Å². The van der Waals surface area contributed by atoms with Gasteiger partial charge in [0.1, 0.15) is 6.61 Å². The van der Waals surface area contributed by atoms with Crippen LogP contribution in [0.25, 0.3) is 0 Å². The molecule has 0 aliphatic carbocycles. The molecule has 1 heterocycles. The predicted octanol–water partition coefficient (Wildman–Crippen LogP) is 1.06. The van der Waals surface area contributed by atoms with Gasteiger partial charge in [-0.25, -0.2) is 4.79 Å². The molecule has 0 saturated carbocycles. The lowest BCUT2D eigenvalue weighted by Crippen LogP contribution is -2.50. The molecule has 6 nitrogen and oxygen atoms in total. The Morgan fingerprint density at radius 2 is 2.05 bits per heavy atom. The fourth-order valence-corrected chi connectivity index (χ4v) is 2.33. The first kappa shape index (κ1) is 15.3. The molecule has 1 aromatic carbocycles. The Morgan fingerprint density at radius 3 is 2.76 bits per heavy atom. The van der Waals surface area contributed by atoms with Crippen LogP contribution in [0.1, 0.15) is 12.0 Å². The minimum Gasteiger partial charge on any atom is -0.469 e. The van der Waals surface area contributed by atoms with E-state index >= 15 is 0 Å². The number of carbonyl (C=O) groups is 2. The summed E-state index contributed by atoms with van der Waals surface area (Å²) in [5.41, 5.74) is 0.932. The van der Waals surface area contributed by atoms with Gasteiger partial charge in [-0.2, -0.15) is 0 Å². The SMILES string of the molecule is COC(=O)C1CNC[C@@H](NC(=O)OCc2ccccc2)C1. The molecular weight excluding hydrogens is 272 g/mol. The van der Waals surface area contributed by atoms with Crippen LogP contribution in [0.3, 0.4) is 0 Å². The second-order valence-corrected chi connectivity index (χ2v) is 5.02. The third kappa shape index (κ3) is 4.75. The minimum absolute atomic E-state index is 0.133. The molecule has 2 rings (SSSR count). The summed E-state index contributed by atoms with van der Waals surface area (Å²) in [6.45, 7) is 1.42. The lowest BCUT2D eigenvalue weighted by Gasteiger charge is -2.28. The first-order valence-electron chi connectivity index (χ1n) is 6.95. The van der Waals surface area contributed by atoms with E-state index in [0.29, 0.717) is 19.5 Å². The minimum atomic E-state index is -0.476. The van der Waals surface area contributed by atoms with E-state index in [4.69, 9.17) is 9.47 Å². The van der Waals surface area contributed by atoms with E-state index in [-0.39, 0.29) is 24.5 Å². The van der Waals surface area contributed by atoms with Crippen LogP contribution in [0.4, 0.5) is 4.79 Å². The summed E-state index contributed by atoms with van der Waals surface area (Å²) in [4.78, 5) is 23.3. The van der Waals surface area contributed by atoms with Crippen LogP contribution < -0.4 is 10.6 Å². The number of alkyl carbamates (subject to hydrolysis) is 1. The molecule has 0 spiro atoms. The maximum Gasteiger partial charge on any atom is 0.407 e. The molecule has 2 atom stereocenters. The number of nitrogens with one attached hydrogen (secondary N) is 2. The molecule has 0 bridgehead atoms. The Bertz CT molecular complexity index is 478. The first-order valence-corrected chi connectivity index (χ1v) is 6.95. The van der Waals surface area contributed by atoms with Gasteiger partial charge in [-0.1, -0.05) is 30.3 Å². The average molecular weight is 292 g/mol. The van der Waals surface area contributed by atoms with Crippen molar-refractivity contribution in [2.24, 2.45) is 5.92 Å². The Balaban J connectivity index is 1.76. The van der Waals surface area contributed by atoms with Crippen molar-refractivity contribution in [3.8, 4) is 0 Å². The van der Waals surface area contributed by atoms with Crippen molar-refractivity contribution in [1.29, 1.82) is 0 Å². The van der Waals surface area contributed by atoms with E-state index in [9.17, 15) is 9.59 Å². The maximum absolute atomic E-state index is 11.8. The molecule has 1 aliphatic rings. The predicted molar refractivity (Wildman–Crippen MR) is 76.5 cm³/mol. The molecule has 114 valence electrons.